The number of likely N-dealkylation sites (tertiary alicyclic amines) is 1. The van der Waals surface area contributed by atoms with Crippen LogP contribution >= 0.6 is 0 Å². The number of guanidine groups is 1. The first-order valence-corrected chi connectivity index (χ1v) is 9.60. The second-order valence-corrected chi connectivity index (χ2v) is 7.65. The summed E-state index contributed by atoms with van der Waals surface area (Å²) in [6, 6.07) is 0.965. The van der Waals surface area contributed by atoms with E-state index in [-0.39, 0.29) is 0 Å². The minimum Gasteiger partial charge on any atom is -0.373 e. The van der Waals surface area contributed by atoms with Crippen LogP contribution in [0.2, 0.25) is 0 Å². The number of ether oxygens (including phenoxy) is 1. The molecule has 3 rings (SSSR count). The van der Waals surface area contributed by atoms with Gasteiger partial charge in [0.25, 0.3) is 0 Å². The van der Waals surface area contributed by atoms with Crippen LogP contribution in [0.25, 0.3) is 0 Å². The largest absolute Gasteiger partial charge is 0.373 e. The summed E-state index contributed by atoms with van der Waals surface area (Å²) in [4.78, 5) is 7.44. The van der Waals surface area contributed by atoms with Crippen molar-refractivity contribution in [1.29, 1.82) is 0 Å². The summed E-state index contributed by atoms with van der Waals surface area (Å²) in [5, 5.41) is 7.01. The molecule has 0 radical (unpaired) electrons. The Bertz CT molecular complexity index is 406. The van der Waals surface area contributed by atoms with Crippen LogP contribution in [-0.2, 0) is 4.74 Å². The Hall–Kier alpha value is -0.810. The fraction of sp³-hybridized carbons (Fsp3) is 0.944. The summed E-state index contributed by atoms with van der Waals surface area (Å²) >= 11 is 0. The van der Waals surface area contributed by atoms with Gasteiger partial charge in [-0.25, -0.2) is 0 Å². The van der Waals surface area contributed by atoms with E-state index in [0.717, 1.165) is 31.4 Å². The Kier molecular flexibility index (Phi) is 5.81. The standard InChI is InChI=1S/C18H34N4O/c1-4-19-18(21-16-11-15-5-6-17(16)23-15)20-12-14(3)22-9-7-13(2)8-10-22/h13-17H,4-12H2,1-3H3,(H2,19,20,21). The summed E-state index contributed by atoms with van der Waals surface area (Å²) in [5.74, 6) is 1.85. The lowest BCUT2D eigenvalue weighted by Gasteiger charge is -2.34. The van der Waals surface area contributed by atoms with Gasteiger partial charge in [0.15, 0.2) is 5.96 Å². The number of nitrogens with zero attached hydrogens (tertiary/aromatic N) is 2. The maximum atomic E-state index is 5.94. The summed E-state index contributed by atoms with van der Waals surface area (Å²) in [6.07, 6.45) is 7.10. The molecule has 0 saturated carbocycles. The number of hydrogen-bond donors (Lipinski definition) is 2. The second kappa shape index (κ2) is 7.84. The maximum absolute atomic E-state index is 5.94. The SMILES string of the molecule is CCNC(=NCC(C)N1CCC(C)CC1)NC1CC2CCC1O2. The third kappa shape index (κ3) is 4.38. The lowest BCUT2D eigenvalue weighted by molar-refractivity contribution is 0.0992. The maximum Gasteiger partial charge on any atom is 0.191 e. The van der Waals surface area contributed by atoms with Crippen molar-refractivity contribution < 1.29 is 4.74 Å². The van der Waals surface area contributed by atoms with E-state index < -0.39 is 0 Å². The van der Waals surface area contributed by atoms with Crippen LogP contribution in [0, 0.1) is 5.92 Å². The number of fused-ring (bicyclic) bond motifs is 2. The average molecular weight is 322 g/mol. The molecule has 0 amide bonds. The Labute approximate surface area is 141 Å². The fourth-order valence-electron chi connectivity index (χ4n) is 4.09. The predicted molar refractivity (Wildman–Crippen MR) is 94.8 cm³/mol. The third-order valence-electron chi connectivity index (χ3n) is 5.73. The van der Waals surface area contributed by atoms with E-state index in [4.69, 9.17) is 9.73 Å². The molecule has 5 nitrogen and oxygen atoms in total. The molecular weight excluding hydrogens is 288 g/mol. The van der Waals surface area contributed by atoms with Gasteiger partial charge in [0.1, 0.15) is 0 Å². The quantitative estimate of drug-likeness (QED) is 0.600. The van der Waals surface area contributed by atoms with Gasteiger partial charge in [-0.3, -0.25) is 9.89 Å². The Morgan fingerprint density at radius 2 is 2.04 bits per heavy atom. The van der Waals surface area contributed by atoms with Crippen molar-refractivity contribution in [3.8, 4) is 0 Å². The summed E-state index contributed by atoms with van der Waals surface area (Å²) < 4.78 is 5.94. The van der Waals surface area contributed by atoms with Crippen molar-refractivity contribution in [1.82, 2.24) is 15.5 Å². The molecule has 5 heteroatoms. The number of aliphatic imine (C=N–C) groups is 1. The van der Waals surface area contributed by atoms with Gasteiger partial charge in [-0.1, -0.05) is 6.92 Å². The van der Waals surface area contributed by atoms with Gasteiger partial charge in [0, 0.05) is 12.6 Å². The van der Waals surface area contributed by atoms with Crippen molar-refractivity contribution in [2.24, 2.45) is 10.9 Å². The molecule has 3 fully saturated rings. The van der Waals surface area contributed by atoms with Gasteiger partial charge in [-0.2, -0.15) is 0 Å². The highest BCUT2D eigenvalue weighted by atomic mass is 16.5. The van der Waals surface area contributed by atoms with Crippen molar-refractivity contribution in [3.05, 3.63) is 0 Å². The van der Waals surface area contributed by atoms with Crippen LogP contribution in [0.3, 0.4) is 0 Å². The summed E-state index contributed by atoms with van der Waals surface area (Å²) in [5.41, 5.74) is 0. The van der Waals surface area contributed by atoms with Crippen molar-refractivity contribution >= 4 is 5.96 Å². The van der Waals surface area contributed by atoms with Crippen LogP contribution in [-0.4, -0.2) is 61.3 Å². The molecule has 0 spiro atoms. The average Bonchev–Trinajstić information content (AvgIpc) is 3.16. The number of piperidine rings is 1. The zero-order valence-electron chi connectivity index (χ0n) is 15.1. The highest BCUT2D eigenvalue weighted by Crippen LogP contribution is 2.34. The lowest BCUT2D eigenvalue weighted by Crippen LogP contribution is -2.48. The molecule has 4 unspecified atom stereocenters. The predicted octanol–water partition coefficient (Wildman–Crippen LogP) is 1.98. The molecule has 3 aliphatic heterocycles. The highest BCUT2D eigenvalue weighted by Gasteiger charge is 2.41. The molecule has 4 atom stereocenters. The minimum absolute atomic E-state index is 0.393. The fourth-order valence-corrected chi connectivity index (χ4v) is 4.09. The molecular formula is C18H34N4O. The monoisotopic (exact) mass is 322 g/mol. The van der Waals surface area contributed by atoms with Gasteiger partial charge in [0.2, 0.25) is 0 Å². The Balaban J connectivity index is 1.49. The zero-order valence-corrected chi connectivity index (χ0v) is 15.1. The van der Waals surface area contributed by atoms with E-state index in [1.807, 2.05) is 0 Å². The van der Waals surface area contributed by atoms with E-state index in [1.165, 1.54) is 38.8 Å². The molecule has 0 aromatic carbocycles. The van der Waals surface area contributed by atoms with Crippen molar-refractivity contribution in [2.75, 3.05) is 26.2 Å². The normalized spacial score (nSPS) is 33.9. The van der Waals surface area contributed by atoms with Crippen LogP contribution < -0.4 is 10.6 Å². The van der Waals surface area contributed by atoms with Gasteiger partial charge >= 0.3 is 0 Å². The lowest BCUT2D eigenvalue weighted by atomic mass is 9.96. The van der Waals surface area contributed by atoms with Crippen molar-refractivity contribution in [3.63, 3.8) is 0 Å². The molecule has 3 heterocycles. The topological polar surface area (TPSA) is 48.9 Å². The Morgan fingerprint density at radius 1 is 1.26 bits per heavy atom. The first kappa shape index (κ1) is 17.0. The number of hydrogen-bond acceptors (Lipinski definition) is 3. The van der Waals surface area contributed by atoms with Crippen LogP contribution in [0.5, 0.6) is 0 Å². The summed E-state index contributed by atoms with van der Waals surface area (Å²) in [7, 11) is 0. The molecule has 2 bridgehead atoms. The van der Waals surface area contributed by atoms with Crippen LogP contribution in [0.15, 0.2) is 4.99 Å². The van der Waals surface area contributed by atoms with E-state index in [1.54, 1.807) is 0 Å². The second-order valence-electron chi connectivity index (χ2n) is 7.65. The molecule has 3 aliphatic rings. The summed E-state index contributed by atoms with van der Waals surface area (Å²) in [6.45, 7) is 11.0. The first-order valence-electron chi connectivity index (χ1n) is 9.60. The zero-order chi connectivity index (χ0) is 16.2. The van der Waals surface area contributed by atoms with E-state index in [9.17, 15) is 0 Å². The van der Waals surface area contributed by atoms with Gasteiger partial charge in [0.05, 0.1) is 24.8 Å². The molecule has 3 saturated heterocycles. The minimum atomic E-state index is 0.393. The van der Waals surface area contributed by atoms with E-state index in [0.29, 0.717) is 24.3 Å². The van der Waals surface area contributed by atoms with Gasteiger partial charge in [-0.15, -0.1) is 0 Å². The molecule has 0 aromatic heterocycles. The highest BCUT2D eigenvalue weighted by molar-refractivity contribution is 5.80. The third-order valence-corrected chi connectivity index (χ3v) is 5.73. The first-order chi connectivity index (χ1) is 11.2. The smallest absolute Gasteiger partial charge is 0.191 e. The number of rotatable bonds is 5. The molecule has 2 N–H and O–H groups in total. The van der Waals surface area contributed by atoms with Gasteiger partial charge in [-0.05, 0) is 65.0 Å². The van der Waals surface area contributed by atoms with E-state index in [2.05, 4.69) is 36.3 Å². The molecule has 0 aliphatic carbocycles. The number of nitrogens with one attached hydrogen (secondary N) is 2. The Morgan fingerprint density at radius 3 is 2.65 bits per heavy atom. The molecule has 0 aromatic rings. The van der Waals surface area contributed by atoms with Crippen molar-refractivity contribution in [2.45, 2.75) is 77.2 Å². The molecule has 132 valence electrons. The molecule has 23 heavy (non-hydrogen) atoms. The van der Waals surface area contributed by atoms with Crippen LogP contribution in [0.4, 0.5) is 0 Å². The van der Waals surface area contributed by atoms with Gasteiger partial charge < -0.3 is 15.4 Å². The van der Waals surface area contributed by atoms with Crippen LogP contribution in [0.1, 0.15) is 52.9 Å². The van der Waals surface area contributed by atoms with E-state index >= 15 is 0 Å².